The maximum Gasteiger partial charge on any atom is 0.126 e. The van der Waals surface area contributed by atoms with E-state index in [1.165, 1.54) is 30.7 Å². The van der Waals surface area contributed by atoms with Crippen LogP contribution in [0, 0.1) is 0 Å². The lowest BCUT2D eigenvalue weighted by molar-refractivity contribution is -0.931. The summed E-state index contributed by atoms with van der Waals surface area (Å²) in [5.74, 6) is 0. The van der Waals surface area contributed by atoms with Crippen LogP contribution in [0.15, 0.2) is 30.3 Å². The fraction of sp³-hybridized carbons (Fsp3) is 0.625. The fourth-order valence-corrected chi connectivity index (χ4v) is 2.80. The molecule has 0 aromatic heterocycles. The molecule has 19 heavy (non-hydrogen) atoms. The van der Waals surface area contributed by atoms with Gasteiger partial charge in [-0.1, -0.05) is 30.3 Å². The molecule has 2 rings (SSSR count). The van der Waals surface area contributed by atoms with Crippen LogP contribution in [0.1, 0.15) is 31.7 Å². The zero-order chi connectivity index (χ0) is 13.5. The third-order valence-electron chi connectivity index (χ3n) is 4.00. The first-order chi connectivity index (χ1) is 9.25. The maximum absolute atomic E-state index is 10.1. The highest BCUT2D eigenvalue weighted by atomic mass is 16.5. The lowest BCUT2D eigenvalue weighted by Gasteiger charge is -2.31. The van der Waals surface area contributed by atoms with E-state index in [0.29, 0.717) is 19.3 Å². The average Bonchev–Trinajstić information content (AvgIpc) is 2.43. The van der Waals surface area contributed by atoms with Gasteiger partial charge in [-0.05, 0) is 31.7 Å². The standard InChI is InChI=1S/C16H25NO2/c1-14-7-5-6-10-17(14)11-16(18)13-19-12-15-8-3-2-4-9-15/h2-4,8-9,14,16,18H,5-7,10-13H2,1H3/p+1/t14-,16+/m1/s1. The molecule has 3 heteroatoms. The Hall–Kier alpha value is -0.900. The van der Waals surface area contributed by atoms with Crippen molar-refractivity contribution in [1.82, 2.24) is 0 Å². The molecule has 1 saturated heterocycles. The van der Waals surface area contributed by atoms with Crippen molar-refractivity contribution in [2.24, 2.45) is 0 Å². The predicted molar refractivity (Wildman–Crippen MR) is 76.1 cm³/mol. The molecule has 1 unspecified atom stereocenters. The Kier molecular flexibility index (Phi) is 5.83. The van der Waals surface area contributed by atoms with E-state index in [2.05, 4.69) is 6.92 Å². The molecule has 2 N–H and O–H groups in total. The van der Waals surface area contributed by atoms with Crippen LogP contribution in [0.3, 0.4) is 0 Å². The first kappa shape index (κ1) is 14.5. The van der Waals surface area contributed by atoms with Crippen molar-refractivity contribution in [3.8, 4) is 0 Å². The number of aliphatic hydroxyl groups is 1. The second-order valence-corrected chi connectivity index (χ2v) is 5.66. The minimum Gasteiger partial charge on any atom is -0.385 e. The summed E-state index contributed by atoms with van der Waals surface area (Å²) in [6.45, 7) is 5.31. The maximum atomic E-state index is 10.1. The number of rotatable bonds is 6. The number of ether oxygens (including phenoxy) is 1. The second kappa shape index (κ2) is 7.63. The fourth-order valence-electron chi connectivity index (χ4n) is 2.80. The van der Waals surface area contributed by atoms with Crippen LogP contribution in [0.4, 0.5) is 0 Å². The number of nitrogens with one attached hydrogen (secondary N) is 1. The summed E-state index contributed by atoms with van der Waals surface area (Å²) in [6, 6.07) is 10.8. The number of aliphatic hydroxyl groups excluding tert-OH is 1. The molecule has 3 atom stereocenters. The molecular formula is C16H26NO2+. The molecule has 0 spiro atoms. The van der Waals surface area contributed by atoms with Crippen LogP contribution >= 0.6 is 0 Å². The number of hydrogen-bond acceptors (Lipinski definition) is 2. The second-order valence-electron chi connectivity index (χ2n) is 5.66. The van der Waals surface area contributed by atoms with Gasteiger partial charge in [0.1, 0.15) is 12.6 Å². The van der Waals surface area contributed by atoms with Gasteiger partial charge in [-0.15, -0.1) is 0 Å². The van der Waals surface area contributed by atoms with E-state index >= 15 is 0 Å². The van der Waals surface area contributed by atoms with Crippen LogP contribution in [0.5, 0.6) is 0 Å². The number of quaternary nitrogens is 1. The molecule has 0 saturated carbocycles. The SMILES string of the molecule is C[C@@H]1CCCC[NH+]1C[C@H](O)COCc1ccccc1. The Morgan fingerprint density at radius 3 is 2.84 bits per heavy atom. The largest absolute Gasteiger partial charge is 0.385 e. The highest BCUT2D eigenvalue weighted by molar-refractivity contribution is 5.13. The molecular weight excluding hydrogens is 238 g/mol. The normalized spacial score (nSPS) is 25.2. The number of piperidine rings is 1. The van der Waals surface area contributed by atoms with Gasteiger partial charge >= 0.3 is 0 Å². The van der Waals surface area contributed by atoms with Gasteiger partial charge in [0.25, 0.3) is 0 Å². The smallest absolute Gasteiger partial charge is 0.126 e. The van der Waals surface area contributed by atoms with Gasteiger partial charge in [0, 0.05) is 0 Å². The van der Waals surface area contributed by atoms with Crippen molar-refractivity contribution < 1.29 is 14.7 Å². The molecule has 3 nitrogen and oxygen atoms in total. The van der Waals surface area contributed by atoms with Gasteiger partial charge < -0.3 is 14.7 Å². The van der Waals surface area contributed by atoms with E-state index in [-0.39, 0.29) is 6.10 Å². The van der Waals surface area contributed by atoms with E-state index < -0.39 is 0 Å². The van der Waals surface area contributed by atoms with Crippen LogP contribution in [-0.2, 0) is 11.3 Å². The van der Waals surface area contributed by atoms with Crippen LogP contribution in [-0.4, -0.2) is 36.9 Å². The number of likely N-dealkylation sites (tertiary alicyclic amines) is 1. The van der Waals surface area contributed by atoms with E-state index in [9.17, 15) is 5.11 Å². The van der Waals surface area contributed by atoms with Crippen molar-refractivity contribution in [3.05, 3.63) is 35.9 Å². The minimum atomic E-state index is -0.348. The molecule has 1 aromatic carbocycles. The molecule has 1 fully saturated rings. The van der Waals surface area contributed by atoms with Gasteiger partial charge in [-0.3, -0.25) is 0 Å². The highest BCUT2D eigenvalue weighted by Gasteiger charge is 2.24. The zero-order valence-corrected chi connectivity index (χ0v) is 11.8. The summed E-state index contributed by atoms with van der Waals surface area (Å²) in [4.78, 5) is 1.53. The van der Waals surface area contributed by atoms with Gasteiger partial charge in [-0.2, -0.15) is 0 Å². The Labute approximate surface area is 116 Å². The quantitative estimate of drug-likeness (QED) is 0.804. The summed E-state index contributed by atoms with van der Waals surface area (Å²) >= 11 is 0. The van der Waals surface area contributed by atoms with Gasteiger partial charge in [-0.25, -0.2) is 0 Å². The average molecular weight is 264 g/mol. The molecule has 1 aromatic rings. The van der Waals surface area contributed by atoms with Crippen molar-refractivity contribution in [1.29, 1.82) is 0 Å². The Bertz CT molecular complexity index is 355. The topological polar surface area (TPSA) is 33.9 Å². The molecule has 0 bridgehead atoms. The Balaban J connectivity index is 1.65. The van der Waals surface area contributed by atoms with Crippen molar-refractivity contribution in [3.63, 3.8) is 0 Å². The first-order valence-electron chi connectivity index (χ1n) is 7.40. The van der Waals surface area contributed by atoms with Crippen molar-refractivity contribution >= 4 is 0 Å². The molecule has 106 valence electrons. The third-order valence-corrected chi connectivity index (χ3v) is 4.00. The third kappa shape index (κ3) is 4.94. The van der Waals surface area contributed by atoms with E-state index in [1.807, 2.05) is 30.3 Å². The van der Waals surface area contributed by atoms with Gasteiger partial charge in [0.15, 0.2) is 0 Å². The van der Waals surface area contributed by atoms with Crippen molar-refractivity contribution in [2.45, 2.75) is 44.9 Å². The Morgan fingerprint density at radius 2 is 2.11 bits per heavy atom. The zero-order valence-electron chi connectivity index (χ0n) is 11.8. The summed E-state index contributed by atoms with van der Waals surface area (Å²) in [6.07, 6.45) is 3.56. The molecule has 0 aliphatic carbocycles. The van der Waals surface area contributed by atoms with E-state index in [1.54, 1.807) is 0 Å². The van der Waals surface area contributed by atoms with Crippen LogP contribution in [0.2, 0.25) is 0 Å². The highest BCUT2D eigenvalue weighted by Crippen LogP contribution is 2.03. The number of benzene rings is 1. The van der Waals surface area contributed by atoms with Crippen molar-refractivity contribution in [2.75, 3.05) is 19.7 Å². The minimum absolute atomic E-state index is 0.348. The molecule has 1 aliphatic rings. The van der Waals surface area contributed by atoms with Crippen LogP contribution < -0.4 is 4.90 Å². The van der Waals surface area contributed by atoms with Crippen LogP contribution in [0.25, 0.3) is 0 Å². The monoisotopic (exact) mass is 264 g/mol. The number of hydrogen-bond donors (Lipinski definition) is 2. The first-order valence-corrected chi connectivity index (χ1v) is 7.40. The van der Waals surface area contributed by atoms with E-state index in [0.717, 1.165) is 12.1 Å². The van der Waals surface area contributed by atoms with E-state index in [4.69, 9.17) is 4.74 Å². The molecule has 1 aliphatic heterocycles. The lowest BCUT2D eigenvalue weighted by Crippen LogP contribution is -3.17. The summed E-state index contributed by atoms with van der Waals surface area (Å²) in [5, 5.41) is 10.1. The van der Waals surface area contributed by atoms with Gasteiger partial charge in [0.2, 0.25) is 0 Å². The molecule has 0 amide bonds. The molecule has 0 radical (unpaired) electrons. The van der Waals surface area contributed by atoms with Gasteiger partial charge in [0.05, 0.1) is 25.8 Å². The Morgan fingerprint density at radius 1 is 1.32 bits per heavy atom. The summed E-state index contributed by atoms with van der Waals surface area (Å²) in [7, 11) is 0. The molecule has 1 heterocycles. The predicted octanol–water partition coefficient (Wildman–Crippen LogP) is 1.02. The summed E-state index contributed by atoms with van der Waals surface area (Å²) in [5.41, 5.74) is 1.16. The lowest BCUT2D eigenvalue weighted by atomic mass is 10.0. The summed E-state index contributed by atoms with van der Waals surface area (Å²) < 4.78 is 5.59.